The maximum absolute atomic E-state index is 11.7. The first-order valence-electron chi connectivity index (χ1n) is 7.50. The normalized spacial score (nSPS) is 19.5. The number of aryl methyl sites for hydroxylation is 1. The monoisotopic (exact) mass is 285 g/mol. The largest absolute Gasteiger partial charge is 0.345 e. The fourth-order valence-corrected chi connectivity index (χ4v) is 2.53. The van der Waals surface area contributed by atoms with Crippen LogP contribution in [0.5, 0.6) is 0 Å². The van der Waals surface area contributed by atoms with Crippen LogP contribution >= 0.6 is 0 Å². The molecule has 0 aromatic heterocycles. The van der Waals surface area contributed by atoms with Crippen LogP contribution < -0.4 is 10.7 Å². The fraction of sp³-hybridized carbons (Fsp3) is 0.438. The van der Waals surface area contributed by atoms with Crippen molar-refractivity contribution in [2.75, 3.05) is 0 Å². The molecule has 2 aliphatic rings. The lowest BCUT2D eigenvalue weighted by Crippen LogP contribution is -2.39. The molecule has 0 atom stereocenters. The molecule has 110 valence electrons. The first-order valence-corrected chi connectivity index (χ1v) is 7.50. The summed E-state index contributed by atoms with van der Waals surface area (Å²) in [6, 6.07) is 8.29. The number of carbonyl (C=O) groups is 2. The van der Waals surface area contributed by atoms with Crippen LogP contribution in [0.15, 0.2) is 29.4 Å². The summed E-state index contributed by atoms with van der Waals surface area (Å²) in [6.07, 6.45) is 5.93. The van der Waals surface area contributed by atoms with Crippen LogP contribution in [0, 0.1) is 0 Å². The summed E-state index contributed by atoms with van der Waals surface area (Å²) in [6.45, 7) is 0. The number of carbonyl (C=O) groups excluding carboxylic acids is 2. The lowest BCUT2D eigenvalue weighted by atomic mass is 10.0. The summed E-state index contributed by atoms with van der Waals surface area (Å²) in [5.74, 6) is -1.28. The molecule has 5 nitrogen and oxygen atoms in total. The summed E-state index contributed by atoms with van der Waals surface area (Å²) >= 11 is 0. The molecule has 1 saturated carbocycles. The van der Waals surface area contributed by atoms with Gasteiger partial charge >= 0.3 is 11.8 Å². The zero-order chi connectivity index (χ0) is 14.7. The first kappa shape index (κ1) is 13.8. The maximum atomic E-state index is 11.7. The second kappa shape index (κ2) is 6.08. The van der Waals surface area contributed by atoms with Gasteiger partial charge in [0.15, 0.2) is 0 Å². The predicted molar refractivity (Wildman–Crippen MR) is 79.8 cm³/mol. The van der Waals surface area contributed by atoms with Gasteiger partial charge in [-0.25, -0.2) is 5.43 Å². The predicted octanol–water partition coefficient (Wildman–Crippen LogP) is 1.51. The van der Waals surface area contributed by atoms with Crippen molar-refractivity contribution in [1.82, 2.24) is 10.7 Å². The van der Waals surface area contributed by atoms with Crippen LogP contribution in [0.4, 0.5) is 0 Å². The second-order valence-electron chi connectivity index (χ2n) is 5.61. The van der Waals surface area contributed by atoms with Gasteiger partial charge in [0.2, 0.25) is 0 Å². The van der Waals surface area contributed by atoms with Crippen molar-refractivity contribution >= 4 is 17.5 Å². The highest BCUT2D eigenvalue weighted by Gasteiger charge is 2.26. The smallest absolute Gasteiger partial charge is 0.329 e. The van der Waals surface area contributed by atoms with Gasteiger partial charge in [0.05, 0.1) is 5.71 Å². The zero-order valence-corrected chi connectivity index (χ0v) is 11.9. The third-order valence-electron chi connectivity index (χ3n) is 3.85. The Kier molecular flexibility index (Phi) is 3.99. The lowest BCUT2D eigenvalue weighted by Gasteiger charge is -2.08. The number of fused-ring (bicyclic) bond motifs is 1. The van der Waals surface area contributed by atoms with E-state index in [1.165, 1.54) is 5.56 Å². The van der Waals surface area contributed by atoms with Gasteiger partial charge in [-0.2, -0.15) is 5.10 Å². The van der Waals surface area contributed by atoms with Gasteiger partial charge < -0.3 is 5.32 Å². The molecule has 2 N–H and O–H groups in total. The minimum absolute atomic E-state index is 0.175. The van der Waals surface area contributed by atoms with E-state index in [0.717, 1.165) is 49.8 Å². The van der Waals surface area contributed by atoms with Crippen molar-refractivity contribution in [2.45, 2.75) is 44.6 Å². The second-order valence-corrected chi connectivity index (χ2v) is 5.61. The summed E-state index contributed by atoms with van der Waals surface area (Å²) in [4.78, 5) is 23.3. The average molecular weight is 285 g/mol. The van der Waals surface area contributed by atoms with Gasteiger partial charge in [-0.05, 0) is 44.1 Å². The lowest BCUT2D eigenvalue weighted by molar-refractivity contribution is -0.139. The Morgan fingerprint density at radius 2 is 1.81 bits per heavy atom. The number of hydrogen-bond donors (Lipinski definition) is 2. The highest BCUT2D eigenvalue weighted by molar-refractivity contribution is 6.35. The van der Waals surface area contributed by atoms with Crippen LogP contribution in [0.1, 0.15) is 43.2 Å². The summed E-state index contributed by atoms with van der Waals surface area (Å²) in [5, 5.41) is 6.84. The van der Waals surface area contributed by atoms with Crippen molar-refractivity contribution < 1.29 is 9.59 Å². The van der Waals surface area contributed by atoms with E-state index in [-0.39, 0.29) is 6.04 Å². The van der Waals surface area contributed by atoms with E-state index < -0.39 is 11.8 Å². The van der Waals surface area contributed by atoms with Crippen LogP contribution in [0.25, 0.3) is 0 Å². The molecule has 3 rings (SSSR count). The Bertz CT molecular complexity index is 591. The molecular weight excluding hydrogens is 266 g/mol. The van der Waals surface area contributed by atoms with Gasteiger partial charge in [0.1, 0.15) is 0 Å². The van der Waals surface area contributed by atoms with E-state index in [9.17, 15) is 9.59 Å². The molecule has 2 aliphatic carbocycles. The molecule has 21 heavy (non-hydrogen) atoms. The Labute approximate surface area is 123 Å². The van der Waals surface area contributed by atoms with E-state index in [0.29, 0.717) is 0 Å². The number of benzene rings is 1. The van der Waals surface area contributed by atoms with Crippen LogP contribution in [-0.4, -0.2) is 23.6 Å². The van der Waals surface area contributed by atoms with Crippen LogP contribution in [0.2, 0.25) is 0 Å². The molecule has 0 radical (unpaired) electrons. The van der Waals surface area contributed by atoms with Crippen molar-refractivity contribution in [3.8, 4) is 0 Å². The molecule has 0 saturated heterocycles. The molecule has 0 spiro atoms. The maximum Gasteiger partial charge on any atom is 0.329 e. The first-order chi connectivity index (χ1) is 10.2. The molecule has 1 aromatic rings. The Balaban J connectivity index is 1.70. The quantitative estimate of drug-likeness (QED) is 0.491. The van der Waals surface area contributed by atoms with Gasteiger partial charge in [0.25, 0.3) is 0 Å². The zero-order valence-electron chi connectivity index (χ0n) is 11.9. The summed E-state index contributed by atoms with van der Waals surface area (Å²) in [7, 11) is 0. The van der Waals surface area contributed by atoms with Gasteiger partial charge in [-0.1, -0.05) is 24.3 Å². The molecule has 0 unspecified atom stereocenters. The SMILES string of the molecule is O=C(N/N=C1\CCCCc2ccccc21)C(=O)NC1CC1. The minimum Gasteiger partial charge on any atom is -0.345 e. The van der Waals surface area contributed by atoms with E-state index in [1.807, 2.05) is 18.2 Å². The molecule has 0 bridgehead atoms. The molecule has 1 fully saturated rings. The fourth-order valence-electron chi connectivity index (χ4n) is 2.53. The van der Waals surface area contributed by atoms with Gasteiger partial charge in [0, 0.05) is 11.6 Å². The van der Waals surface area contributed by atoms with E-state index >= 15 is 0 Å². The average Bonchev–Trinajstić information content (AvgIpc) is 3.31. The molecular formula is C16H19N3O2. The highest BCUT2D eigenvalue weighted by Crippen LogP contribution is 2.21. The van der Waals surface area contributed by atoms with Crippen LogP contribution in [0.3, 0.4) is 0 Å². The van der Waals surface area contributed by atoms with Crippen molar-refractivity contribution in [2.24, 2.45) is 5.10 Å². The molecule has 1 aromatic carbocycles. The Morgan fingerprint density at radius 3 is 2.62 bits per heavy atom. The molecule has 5 heteroatoms. The van der Waals surface area contributed by atoms with E-state index in [1.54, 1.807) is 0 Å². The Morgan fingerprint density at radius 1 is 1.05 bits per heavy atom. The number of nitrogens with one attached hydrogen (secondary N) is 2. The molecule has 2 amide bonds. The van der Waals surface area contributed by atoms with Gasteiger partial charge in [-0.3, -0.25) is 9.59 Å². The van der Waals surface area contributed by atoms with Crippen LogP contribution in [-0.2, 0) is 16.0 Å². The molecule has 0 aliphatic heterocycles. The van der Waals surface area contributed by atoms with Crippen molar-refractivity contribution in [3.05, 3.63) is 35.4 Å². The third-order valence-corrected chi connectivity index (χ3v) is 3.85. The van der Waals surface area contributed by atoms with Crippen molar-refractivity contribution in [3.63, 3.8) is 0 Å². The standard InChI is InChI=1S/C16H19N3O2/c20-15(17-12-9-10-12)16(21)19-18-14-8-4-2-6-11-5-1-3-7-13(11)14/h1,3,5,7,12H,2,4,6,8-10H2,(H,17,20)(H,19,21)/b18-14+. The molecule has 0 heterocycles. The number of hydrogen-bond acceptors (Lipinski definition) is 3. The summed E-state index contributed by atoms with van der Waals surface area (Å²) in [5.41, 5.74) is 5.58. The number of nitrogens with zero attached hydrogens (tertiary/aromatic N) is 1. The van der Waals surface area contributed by atoms with Crippen molar-refractivity contribution in [1.29, 1.82) is 0 Å². The minimum atomic E-state index is -0.684. The van der Waals surface area contributed by atoms with E-state index in [2.05, 4.69) is 21.9 Å². The highest BCUT2D eigenvalue weighted by atomic mass is 16.2. The number of rotatable bonds is 2. The van der Waals surface area contributed by atoms with E-state index in [4.69, 9.17) is 0 Å². The number of amides is 2. The third kappa shape index (κ3) is 3.48. The summed E-state index contributed by atoms with van der Waals surface area (Å²) < 4.78 is 0. The Hall–Kier alpha value is -2.17. The topological polar surface area (TPSA) is 70.6 Å². The number of hydrazone groups is 1. The van der Waals surface area contributed by atoms with Gasteiger partial charge in [-0.15, -0.1) is 0 Å².